The molecule has 9 nitrogen and oxygen atoms in total. The highest BCUT2D eigenvalue weighted by Crippen LogP contribution is 2.34. The van der Waals surface area contributed by atoms with Crippen LogP contribution in [0.15, 0.2) is 78.9 Å². The van der Waals surface area contributed by atoms with Crippen molar-refractivity contribution in [1.82, 2.24) is 10.2 Å². The first kappa shape index (κ1) is 31.9. The molecule has 2 amide bonds. The minimum absolute atomic E-state index is 0.0617. The van der Waals surface area contributed by atoms with Crippen molar-refractivity contribution in [2.75, 3.05) is 36.9 Å². The van der Waals surface area contributed by atoms with Gasteiger partial charge in [0.15, 0.2) is 11.5 Å². The van der Waals surface area contributed by atoms with Gasteiger partial charge in [0, 0.05) is 38.5 Å². The van der Waals surface area contributed by atoms with Crippen molar-refractivity contribution in [3.8, 4) is 11.5 Å². The van der Waals surface area contributed by atoms with Gasteiger partial charge in [0.25, 0.3) is 0 Å². The van der Waals surface area contributed by atoms with Crippen molar-refractivity contribution >= 4 is 27.5 Å². The van der Waals surface area contributed by atoms with Gasteiger partial charge >= 0.3 is 0 Å². The molecule has 1 heterocycles. The third kappa shape index (κ3) is 9.22. The van der Waals surface area contributed by atoms with Crippen LogP contribution < -0.4 is 19.1 Å². The number of anilines is 1. The Hall–Kier alpha value is -4.05. The van der Waals surface area contributed by atoms with Crippen molar-refractivity contribution in [3.05, 3.63) is 90.0 Å². The maximum absolute atomic E-state index is 13.9. The molecule has 0 unspecified atom stereocenters. The Morgan fingerprint density at radius 2 is 1.51 bits per heavy atom. The number of fused-ring (bicyclic) bond motifs is 1. The van der Waals surface area contributed by atoms with Gasteiger partial charge in [-0.05, 0) is 35.6 Å². The number of hydrogen-bond donors (Lipinski definition) is 1. The quantitative estimate of drug-likeness (QED) is 0.291. The molecule has 0 radical (unpaired) electrons. The molecule has 3 aromatic rings. The van der Waals surface area contributed by atoms with Crippen LogP contribution in [0.4, 0.5) is 5.69 Å². The van der Waals surface area contributed by atoms with Crippen LogP contribution in [-0.2, 0) is 32.6 Å². The van der Waals surface area contributed by atoms with Gasteiger partial charge in [-0.15, -0.1) is 0 Å². The van der Waals surface area contributed by atoms with Gasteiger partial charge in [-0.1, -0.05) is 74.5 Å². The van der Waals surface area contributed by atoms with E-state index >= 15 is 0 Å². The molecule has 0 aliphatic carbocycles. The largest absolute Gasteiger partial charge is 0.486 e. The monoisotopic (exact) mass is 607 g/mol. The van der Waals surface area contributed by atoms with Crippen LogP contribution in [0.2, 0.25) is 0 Å². The molecule has 0 saturated heterocycles. The second kappa shape index (κ2) is 14.9. The van der Waals surface area contributed by atoms with Crippen molar-refractivity contribution in [2.45, 2.75) is 45.7 Å². The SMILES string of the molecule is CC(C)CNC(=O)[C@H](Cc1ccccc1)N(Cc1ccccc1)C(=O)CCCN(c1ccc2c(c1)OCCO2)S(C)(=O)=O. The summed E-state index contributed by atoms with van der Waals surface area (Å²) in [6, 6.07) is 23.5. The number of nitrogens with one attached hydrogen (secondary N) is 1. The number of rotatable bonds is 14. The van der Waals surface area contributed by atoms with Crippen LogP contribution in [0.1, 0.15) is 37.8 Å². The first-order chi connectivity index (χ1) is 20.6. The van der Waals surface area contributed by atoms with Crippen LogP contribution in [-0.4, -0.2) is 63.7 Å². The molecule has 1 atom stereocenters. The molecule has 3 aromatic carbocycles. The topological polar surface area (TPSA) is 105 Å². The summed E-state index contributed by atoms with van der Waals surface area (Å²) in [5.41, 5.74) is 2.29. The van der Waals surface area contributed by atoms with E-state index in [4.69, 9.17) is 9.47 Å². The number of carbonyl (C=O) groups excluding carboxylic acids is 2. The zero-order valence-electron chi connectivity index (χ0n) is 25.1. The molecule has 1 aliphatic rings. The van der Waals surface area contributed by atoms with Crippen LogP contribution in [0, 0.1) is 5.92 Å². The molecule has 4 rings (SSSR count). The van der Waals surface area contributed by atoms with E-state index in [0.29, 0.717) is 43.4 Å². The van der Waals surface area contributed by atoms with Crippen molar-refractivity contribution in [2.24, 2.45) is 5.92 Å². The standard InChI is InChI=1S/C33H41N3O6S/c1-25(2)23-34-33(38)29(21-26-11-6-4-7-12-26)35(24-27-13-8-5-9-14-27)32(37)15-10-18-36(43(3,39)40)28-16-17-30-31(22-28)42-20-19-41-30/h4-9,11-14,16-17,22,25,29H,10,15,18-21,23-24H2,1-3H3,(H,34,38)/t29-/m0/s1. The van der Waals surface area contributed by atoms with E-state index < -0.39 is 16.1 Å². The Labute approximate surface area is 254 Å². The third-order valence-corrected chi connectivity index (χ3v) is 8.31. The average Bonchev–Trinajstić information content (AvgIpc) is 3.00. The number of hydrogen-bond acceptors (Lipinski definition) is 6. The Bertz CT molecular complexity index is 1460. The molecule has 0 saturated carbocycles. The van der Waals surface area contributed by atoms with Gasteiger partial charge in [-0.3, -0.25) is 13.9 Å². The van der Waals surface area contributed by atoms with Gasteiger partial charge in [0.1, 0.15) is 19.3 Å². The Kier molecular flexibility index (Phi) is 11.1. The number of carbonyl (C=O) groups is 2. The van der Waals surface area contributed by atoms with E-state index in [1.54, 1.807) is 23.1 Å². The number of benzene rings is 3. The summed E-state index contributed by atoms with van der Waals surface area (Å²) in [5.74, 6) is 0.868. The molecule has 43 heavy (non-hydrogen) atoms. The summed E-state index contributed by atoms with van der Waals surface area (Å²) < 4.78 is 38.1. The lowest BCUT2D eigenvalue weighted by Crippen LogP contribution is -2.51. The number of ether oxygens (including phenoxy) is 2. The predicted molar refractivity (Wildman–Crippen MR) is 168 cm³/mol. The Morgan fingerprint density at radius 1 is 0.884 bits per heavy atom. The third-order valence-electron chi connectivity index (χ3n) is 7.12. The smallest absolute Gasteiger partial charge is 0.243 e. The number of amides is 2. The lowest BCUT2D eigenvalue weighted by atomic mass is 10.0. The summed E-state index contributed by atoms with van der Waals surface area (Å²) in [4.78, 5) is 29.1. The fourth-order valence-electron chi connectivity index (χ4n) is 4.95. The van der Waals surface area contributed by atoms with Gasteiger partial charge in [-0.25, -0.2) is 8.42 Å². The molecule has 1 N–H and O–H groups in total. The van der Waals surface area contributed by atoms with Crippen molar-refractivity contribution < 1.29 is 27.5 Å². The zero-order valence-corrected chi connectivity index (χ0v) is 25.9. The van der Waals surface area contributed by atoms with Gasteiger partial charge in [-0.2, -0.15) is 0 Å². The van der Waals surface area contributed by atoms with Crippen LogP contribution in [0.5, 0.6) is 11.5 Å². The first-order valence-electron chi connectivity index (χ1n) is 14.6. The Balaban J connectivity index is 1.55. The van der Waals surface area contributed by atoms with E-state index in [9.17, 15) is 18.0 Å². The maximum Gasteiger partial charge on any atom is 0.243 e. The highest BCUT2D eigenvalue weighted by Gasteiger charge is 2.30. The molecular weight excluding hydrogens is 566 g/mol. The van der Waals surface area contributed by atoms with Crippen molar-refractivity contribution in [3.63, 3.8) is 0 Å². The molecule has 0 aromatic heterocycles. The molecule has 0 spiro atoms. The minimum atomic E-state index is -3.65. The fraction of sp³-hybridized carbons (Fsp3) is 0.394. The summed E-state index contributed by atoms with van der Waals surface area (Å²) in [6.45, 7) is 5.70. The van der Waals surface area contributed by atoms with E-state index in [1.807, 2.05) is 74.5 Å². The van der Waals surface area contributed by atoms with Crippen LogP contribution in [0.3, 0.4) is 0 Å². The molecule has 10 heteroatoms. The summed E-state index contributed by atoms with van der Waals surface area (Å²) in [6.07, 6.45) is 1.82. The molecule has 0 bridgehead atoms. The van der Waals surface area contributed by atoms with Gasteiger partial charge in [0.05, 0.1) is 11.9 Å². The average molecular weight is 608 g/mol. The normalized spacial score (nSPS) is 13.3. The lowest BCUT2D eigenvalue weighted by molar-refractivity contribution is -0.141. The number of nitrogens with zero attached hydrogens (tertiary/aromatic N) is 2. The Morgan fingerprint density at radius 3 is 2.14 bits per heavy atom. The highest BCUT2D eigenvalue weighted by molar-refractivity contribution is 7.92. The van der Waals surface area contributed by atoms with E-state index in [2.05, 4.69) is 5.32 Å². The second-order valence-electron chi connectivity index (χ2n) is 11.1. The zero-order chi connectivity index (χ0) is 30.8. The number of sulfonamides is 1. The minimum Gasteiger partial charge on any atom is -0.486 e. The summed E-state index contributed by atoms with van der Waals surface area (Å²) in [5, 5.41) is 3.02. The molecule has 1 aliphatic heterocycles. The summed E-state index contributed by atoms with van der Waals surface area (Å²) >= 11 is 0. The van der Waals surface area contributed by atoms with Crippen LogP contribution >= 0.6 is 0 Å². The van der Waals surface area contributed by atoms with E-state index in [1.165, 1.54) is 4.31 Å². The highest BCUT2D eigenvalue weighted by atomic mass is 32.2. The molecular formula is C33H41N3O6S. The van der Waals surface area contributed by atoms with Gasteiger partial charge < -0.3 is 19.7 Å². The summed E-state index contributed by atoms with van der Waals surface area (Å²) in [7, 11) is -3.65. The maximum atomic E-state index is 13.9. The van der Waals surface area contributed by atoms with Crippen LogP contribution in [0.25, 0.3) is 0 Å². The molecule has 230 valence electrons. The first-order valence-corrected chi connectivity index (χ1v) is 16.5. The lowest BCUT2D eigenvalue weighted by Gasteiger charge is -2.32. The molecule has 0 fully saturated rings. The van der Waals surface area contributed by atoms with E-state index in [0.717, 1.165) is 17.4 Å². The predicted octanol–water partition coefficient (Wildman–Crippen LogP) is 4.42. The van der Waals surface area contributed by atoms with Gasteiger partial charge in [0.2, 0.25) is 21.8 Å². The fourth-order valence-corrected chi connectivity index (χ4v) is 5.90. The van der Waals surface area contributed by atoms with Crippen molar-refractivity contribution in [1.29, 1.82) is 0 Å². The van der Waals surface area contributed by atoms with E-state index in [-0.39, 0.29) is 43.7 Å². The second-order valence-corrected chi connectivity index (χ2v) is 13.0.